The van der Waals surface area contributed by atoms with Crippen molar-refractivity contribution in [3.63, 3.8) is 0 Å². The Morgan fingerprint density at radius 2 is 2.08 bits per heavy atom. The third kappa shape index (κ3) is 4.90. The van der Waals surface area contributed by atoms with Gasteiger partial charge in [-0.05, 0) is 38.4 Å². The number of carbonyl (C=O) groups excluding carboxylic acids is 2. The molecule has 2 amide bonds. The number of hydrogen-bond acceptors (Lipinski definition) is 5. The molecule has 1 aliphatic heterocycles. The van der Waals surface area contributed by atoms with Gasteiger partial charge in [0.25, 0.3) is 0 Å². The molecule has 1 aliphatic rings. The molecule has 2 N–H and O–H groups in total. The van der Waals surface area contributed by atoms with Gasteiger partial charge >= 0.3 is 0 Å². The van der Waals surface area contributed by atoms with Crippen LogP contribution in [-0.2, 0) is 9.59 Å². The molecule has 132 valence electrons. The Balaban J connectivity index is 1.50. The Hall–Kier alpha value is -2.67. The lowest BCUT2D eigenvalue weighted by molar-refractivity contribution is -0.123. The zero-order valence-corrected chi connectivity index (χ0v) is 14.2. The van der Waals surface area contributed by atoms with Crippen LogP contribution in [0.2, 0.25) is 0 Å². The van der Waals surface area contributed by atoms with Crippen molar-refractivity contribution in [3.8, 4) is 0 Å². The van der Waals surface area contributed by atoms with Gasteiger partial charge in [-0.3, -0.25) is 14.5 Å². The van der Waals surface area contributed by atoms with Gasteiger partial charge in [0.15, 0.2) is 5.82 Å². The maximum Gasteiger partial charge on any atom is 0.239 e. The van der Waals surface area contributed by atoms with Gasteiger partial charge in [-0.15, -0.1) is 0 Å². The largest absolute Gasteiger partial charge is 0.360 e. The smallest absolute Gasteiger partial charge is 0.239 e. The number of nitrogens with zero attached hydrogens (tertiary/aromatic N) is 2. The fourth-order valence-corrected chi connectivity index (χ4v) is 2.99. The summed E-state index contributed by atoms with van der Waals surface area (Å²) in [6.45, 7) is 3.38. The average molecular weight is 342 g/mol. The van der Waals surface area contributed by atoms with Crippen molar-refractivity contribution in [2.75, 3.05) is 30.3 Å². The molecule has 0 aliphatic carbocycles. The number of hydrogen-bond donors (Lipinski definition) is 2. The number of carbonyl (C=O) groups is 2. The van der Waals surface area contributed by atoms with E-state index in [0.29, 0.717) is 18.1 Å². The summed E-state index contributed by atoms with van der Waals surface area (Å²) in [5.41, 5.74) is 0.795. The van der Waals surface area contributed by atoms with Gasteiger partial charge in [-0.25, -0.2) is 0 Å². The number of amides is 2. The zero-order valence-electron chi connectivity index (χ0n) is 14.2. The number of likely N-dealkylation sites (tertiary alicyclic amines) is 1. The Kier molecular flexibility index (Phi) is 5.45. The van der Waals surface area contributed by atoms with E-state index < -0.39 is 0 Å². The first-order chi connectivity index (χ1) is 12.1. The molecule has 1 saturated heterocycles. The van der Waals surface area contributed by atoms with E-state index in [1.807, 2.05) is 35.2 Å². The molecule has 1 fully saturated rings. The number of benzene rings is 1. The van der Waals surface area contributed by atoms with Gasteiger partial charge in [0.05, 0.1) is 12.5 Å². The van der Waals surface area contributed by atoms with E-state index in [0.717, 1.165) is 25.1 Å². The number of piperidine rings is 1. The highest BCUT2D eigenvalue weighted by Crippen LogP contribution is 2.19. The van der Waals surface area contributed by atoms with Crippen molar-refractivity contribution >= 4 is 23.3 Å². The van der Waals surface area contributed by atoms with E-state index in [2.05, 4.69) is 15.8 Å². The van der Waals surface area contributed by atoms with Crippen LogP contribution in [0.1, 0.15) is 18.6 Å². The van der Waals surface area contributed by atoms with E-state index in [9.17, 15) is 9.59 Å². The van der Waals surface area contributed by atoms with Gasteiger partial charge in [-0.2, -0.15) is 0 Å². The summed E-state index contributed by atoms with van der Waals surface area (Å²) in [7, 11) is 0. The first-order valence-electron chi connectivity index (χ1n) is 8.41. The quantitative estimate of drug-likeness (QED) is 0.870. The van der Waals surface area contributed by atoms with Crippen LogP contribution >= 0.6 is 0 Å². The second kappa shape index (κ2) is 7.94. The van der Waals surface area contributed by atoms with Crippen LogP contribution in [0.4, 0.5) is 11.5 Å². The molecule has 2 aromatic rings. The Morgan fingerprint density at radius 1 is 1.28 bits per heavy atom. The Bertz CT molecular complexity index is 729. The van der Waals surface area contributed by atoms with Crippen LogP contribution < -0.4 is 10.6 Å². The number of aryl methyl sites for hydroxylation is 1. The first kappa shape index (κ1) is 17.2. The van der Waals surface area contributed by atoms with E-state index >= 15 is 0 Å². The predicted octanol–water partition coefficient (Wildman–Crippen LogP) is 2.27. The molecule has 1 aromatic heterocycles. The fourth-order valence-electron chi connectivity index (χ4n) is 2.99. The Morgan fingerprint density at radius 3 is 2.80 bits per heavy atom. The number of aromatic nitrogens is 1. The van der Waals surface area contributed by atoms with Gasteiger partial charge in [-0.1, -0.05) is 23.4 Å². The lowest BCUT2D eigenvalue weighted by atomic mass is 9.97. The van der Waals surface area contributed by atoms with Crippen LogP contribution in [0.15, 0.2) is 40.9 Å². The summed E-state index contributed by atoms with van der Waals surface area (Å²) >= 11 is 0. The van der Waals surface area contributed by atoms with Crippen molar-refractivity contribution in [3.05, 3.63) is 42.2 Å². The monoisotopic (exact) mass is 342 g/mol. The lowest BCUT2D eigenvalue weighted by Gasteiger charge is -2.31. The van der Waals surface area contributed by atoms with Gasteiger partial charge < -0.3 is 15.2 Å². The topological polar surface area (TPSA) is 87.5 Å². The third-order valence-electron chi connectivity index (χ3n) is 4.18. The molecule has 7 heteroatoms. The average Bonchev–Trinajstić information content (AvgIpc) is 3.00. The molecule has 0 saturated carbocycles. The summed E-state index contributed by atoms with van der Waals surface area (Å²) in [6.07, 6.45) is 1.72. The van der Waals surface area contributed by atoms with Gasteiger partial charge in [0, 0.05) is 18.3 Å². The van der Waals surface area contributed by atoms with Crippen LogP contribution in [-0.4, -0.2) is 41.5 Å². The number of para-hydroxylation sites is 1. The summed E-state index contributed by atoms with van der Waals surface area (Å²) in [5, 5.41) is 9.40. The molecular weight excluding hydrogens is 320 g/mol. The third-order valence-corrected chi connectivity index (χ3v) is 4.18. The summed E-state index contributed by atoms with van der Waals surface area (Å²) < 4.78 is 4.93. The van der Waals surface area contributed by atoms with E-state index in [1.165, 1.54) is 0 Å². The van der Waals surface area contributed by atoms with Crippen LogP contribution in [0.25, 0.3) is 0 Å². The zero-order chi connectivity index (χ0) is 17.6. The SMILES string of the molecule is Cc1cc(NC(=O)CN2CCC[C@H](C(=O)Nc3ccccc3)C2)no1. The maximum absolute atomic E-state index is 12.4. The molecular formula is C18H22N4O3. The predicted molar refractivity (Wildman–Crippen MR) is 94.1 cm³/mol. The van der Waals surface area contributed by atoms with E-state index in [4.69, 9.17) is 4.52 Å². The van der Waals surface area contributed by atoms with Crippen LogP contribution in [0.5, 0.6) is 0 Å². The molecule has 0 spiro atoms. The summed E-state index contributed by atoms with van der Waals surface area (Å²) in [4.78, 5) is 26.6. The number of nitrogens with one attached hydrogen (secondary N) is 2. The van der Waals surface area contributed by atoms with E-state index in [-0.39, 0.29) is 24.3 Å². The standard InChI is InChI=1S/C18H22N4O3/c1-13-10-16(21-25-13)20-17(23)12-22-9-5-6-14(11-22)18(24)19-15-7-3-2-4-8-15/h2-4,7-8,10,14H,5-6,9,11-12H2,1H3,(H,19,24)(H,20,21,23)/t14-/m0/s1. The maximum atomic E-state index is 12.4. The molecule has 3 rings (SSSR count). The molecule has 0 radical (unpaired) electrons. The lowest BCUT2D eigenvalue weighted by Crippen LogP contribution is -2.44. The van der Waals surface area contributed by atoms with Gasteiger partial charge in [0.2, 0.25) is 11.8 Å². The minimum atomic E-state index is -0.155. The fraction of sp³-hybridized carbons (Fsp3) is 0.389. The second-order valence-electron chi connectivity index (χ2n) is 6.30. The highest BCUT2D eigenvalue weighted by molar-refractivity contribution is 5.93. The first-order valence-corrected chi connectivity index (χ1v) is 8.41. The molecule has 0 bridgehead atoms. The van der Waals surface area contributed by atoms with Crippen molar-refractivity contribution in [1.82, 2.24) is 10.1 Å². The molecule has 1 atom stereocenters. The molecule has 1 aromatic carbocycles. The van der Waals surface area contributed by atoms with Gasteiger partial charge in [0.1, 0.15) is 5.76 Å². The molecule has 2 heterocycles. The normalized spacial score (nSPS) is 17.9. The van der Waals surface area contributed by atoms with Crippen LogP contribution in [0, 0.1) is 12.8 Å². The number of anilines is 2. The van der Waals surface area contributed by atoms with Crippen molar-refractivity contribution in [1.29, 1.82) is 0 Å². The highest BCUT2D eigenvalue weighted by atomic mass is 16.5. The number of rotatable bonds is 5. The minimum absolute atomic E-state index is 0.00318. The summed E-state index contributed by atoms with van der Waals surface area (Å²) in [5.74, 6) is 0.792. The van der Waals surface area contributed by atoms with Crippen LogP contribution in [0.3, 0.4) is 0 Å². The highest BCUT2D eigenvalue weighted by Gasteiger charge is 2.27. The van der Waals surface area contributed by atoms with Crippen molar-refractivity contribution < 1.29 is 14.1 Å². The minimum Gasteiger partial charge on any atom is -0.360 e. The van der Waals surface area contributed by atoms with Crippen molar-refractivity contribution in [2.45, 2.75) is 19.8 Å². The second-order valence-corrected chi connectivity index (χ2v) is 6.30. The van der Waals surface area contributed by atoms with E-state index in [1.54, 1.807) is 13.0 Å². The molecule has 7 nitrogen and oxygen atoms in total. The summed E-state index contributed by atoms with van der Waals surface area (Å²) in [6, 6.07) is 11.1. The Labute approximate surface area is 146 Å². The molecule has 0 unspecified atom stereocenters. The van der Waals surface area contributed by atoms with Crippen molar-refractivity contribution in [2.24, 2.45) is 5.92 Å². The molecule has 25 heavy (non-hydrogen) atoms.